The van der Waals surface area contributed by atoms with Crippen LogP contribution in [0.1, 0.15) is 16.3 Å². The Hall–Kier alpha value is -2.05. The zero-order chi connectivity index (χ0) is 15.4. The first-order valence-electron chi connectivity index (χ1n) is 7.27. The second kappa shape index (κ2) is 6.81. The maximum absolute atomic E-state index is 4.55. The lowest BCUT2D eigenvalue weighted by molar-refractivity contribution is 0.684. The van der Waals surface area contributed by atoms with Crippen LogP contribution in [-0.2, 0) is 20.0 Å². The molecule has 1 N–H and O–H groups in total. The Balaban J connectivity index is 1.61. The standard InChI is InChI=1S/C16H19N5S/c1-12-11-22-15(19-12)5-7-18-9-14-10-21(2)20-16(14)13-4-3-6-17-8-13/h3-4,6,8,10-11,18H,5,7,9H2,1-2H3. The predicted octanol–water partition coefficient (Wildman–Crippen LogP) is 2.58. The van der Waals surface area contributed by atoms with Crippen molar-refractivity contribution in [2.45, 2.75) is 19.9 Å². The molecule has 0 unspecified atom stereocenters. The number of aromatic nitrogens is 4. The first-order valence-corrected chi connectivity index (χ1v) is 8.15. The number of nitrogens with one attached hydrogen (secondary N) is 1. The van der Waals surface area contributed by atoms with E-state index >= 15 is 0 Å². The first kappa shape index (κ1) is 14.9. The van der Waals surface area contributed by atoms with E-state index in [9.17, 15) is 0 Å². The van der Waals surface area contributed by atoms with Crippen LogP contribution in [0.25, 0.3) is 11.3 Å². The largest absolute Gasteiger partial charge is 0.312 e. The van der Waals surface area contributed by atoms with Gasteiger partial charge in [0.25, 0.3) is 0 Å². The molecule has 6 heteroatoms. The Kier molecular flexibility index (Phi) is 4.60. The van der Waals surface area contributed by atoms with E-state index in [-0.39, 0.29) is 0 Å². The van der Waals surface area contributed by atoms with Gasteiger partial charge in [-0.2, -0.15) is 5.10 Å². The van der Waals surface area contributed by atoms with Gasteiger partial charge in [0.05, 0.1) is 10.7 Å². The van der Waals surface area contributed by atoms with Crippen molar-refractivity contribution in [3.63, 3.8) is 0 Å². The van der Waals surface area contributed by atoms with E-state index in [1.165, 1.54) is 10.6 Å². The number of thiazole rings is 1. The van der Waals surface area contributed by atoms with E-state index in [0.717, 1.165) is 36.5 Å². The summed E-state index contributed by atoms with van der Waals surface area (Å²) in [5.41, 5.74) is 4.33. The molecule has 0 aliphatic carbocycles. The van der Waals surface area contributed by atoms with Gasteiger partial charge in [-0.3, -0.25) is 9.67 Å². The Morgan fingerprint density at radius 3 is 3.00 bits per heavy atom. The lowest BCUT2D eigenvalue weighted by atomic mass is 10.1. The molecule has 0 fully saturated rings. The van der Waals surface area contributed by atoms with E-state index in [4.69, 9.17) is 0 Å². The minimum atomic E-state index is 0.794. The van der Waals surface area contributed by atoms with Crippen LogP contribution < -0.4 is 5.32 Å². The molecule has 3 aromatic heterocycles. The fourth-order valence-electron chi connectivity index (χ4n) is 2.35. The van der Waals surface area contributed by atoms with Gasteiger partial charge in [-0.15, -0.1) is 11.3 Å². The van der Waals surface area contributed by atoms with Crippen LogP contribution in [0.2, 0.25) is 0 Å². The first-order chi connectivity index (χ1) is 10.7. The molecule has 5 nitrogen and oxygen atoms in total. The quantitative estimate of drug-likeness (QED) is 0.711. The van der Waals surface area contributed by atoms with Crippen molar-refractivity contribution in [1.82, 2.24) is 25.1 Å². The van der Waals surface area contributed by atoms with Crippen LogP contribution in [0.3, 0.4) is 0 Å². The molecule has 0 saturated heterocycles. The minimum absolute atomic E-state index is 0.794. The maximum atomic E-state index is 4.55. The minimum Gasteiger partial charge on any atom is -0.312 e. The Morgan fingerprint density at radius 2 is 2.27 bits per heavy atom. The SMILES string of the molecule is Cc1csc(CCNCc2cn(C)nc2-c2cccnc2)n1. The summed E-state index contributed by atoms with van der Waals surface area (Å²) in [5, 5.41) is 11.3. The smallest absolute Gasteiger partial charge is 0.0983 e. The van der Waals surface area contributed by atoms with Crippen molar-refractivity contribution in [3.8, 4) is 11.3 Å². The van der Waals surface area contributed by atoms with Crippen LogP contribution in [0.15, 0.2) is 36.1 Å². The molecule has 0 aromatic carbocycles. The van der Waals surface area contributed by atoms with Gasteiger partial charge in [-0.1, -0.05) is 0 Å². The lowest BCUT2D eigenvalue weighted by Crippen LogP contribution is -2.16. The zero-order valence-electron chi connectivity index (χ0n) is 12.8. The monoisotopic (exact) mass is 313 g/mol. The van der Waals surface area contributed by atoms with Gasteiger partial charge in [-0.25, -0.2) is 4.98 Å². The molecule has 3 aromatic rings. The van der Waals surface area contributed by atoms with Gasteiger partial charge in [-0.05, 0) is 19.1 Å². The van der Waals surface area contributed by atoms with E-state index in [1.807, 2.05) is 37.0 Å². The molecule has 0 atom stereocenters. The number of pyridine rings is 1. The summed E-state index contributed by atoms with van der Waals surface area (Å²) in [5.74, 6) is 0. The summed E-state index contributed by atoms with van der Waals surface area (Å²) in [6.45, 7) is 3.74. The highest BCUT2D eigenvalue weighted by Gasteiger charge is 2.09. The molecule has 22 heavy (non-hydrogen) atoms. The maximum Gasteiger partial charge on any atom is 0.0983 e. The predicted molar refractivity (Wildman–Crippen MR) is 88.7 cm³/mol. The molecule has 0 saturated carbocycles. The van der Waals surface area contributed by atoms with Crippen LogP contribution >= 0.6 is 11.3 Å². The van der Waals surface area contributed by atoms with Crippen molar-refractivity contribution in [1.29, 1.82) is 0 Å². The Bertz CT molecular complexity index is 732. The summed E-state index contributed by atoms with van der Waals surface area (Å²) < 4.78 is 1.85. The molecule has 0 aliphatic rings. The van der Waals surface area contributed by atoms with Crippen LogP contribution in [0, 0.1) is 6.92 Å². The average Bonchev–Trinajstić information content (AvgIpc) is 3.10. The van der Waals surface area contributed by atoms with Crippen molar-refractivity contribution in [3.05, 3.63) is 52.4 Å². The van der Waals surface area contributed by atoms with Gasteiger partial charge in [0.2, 0.25) is 0 Å². The van der Waals surface area contributed by atoms with Gasteiger partial charge in [0.1, 0.15) is 0 Å². The van der Waals surface area contributed by atoms with Gasteiger partial charge in [0.15, 0.2) is 0 Å². The molecule has 0 bridgehead atoms. The summed E-state index contributed by atoms with van der Waals surface area (Å²) >= 11 is 1.72. The van der Waals surface area contributed by atoms with Gasteiger partial charge in [0, 0.05) is 67.3 Å². The van der Waals surface area contributed by atoms with Crippen LogP contribution in [-0.4, -0.2) is 26.3 Å². The van der Waals surface area contributed by atoms with E-state index in [1.54, 1.807) is 17.5 Å². The summed E-state index contributed by atoms with van der Waals surface area (Å²) in [4.78, 5) is 8.65. The highest BCUT2D eigenvalue weighted by molar-refractivity contribution is 7.09. The van der Waals surface area contributed by atoms with Crippen LogP contribution in [0.5, 0.6) is 0 Å². The van der Waals surface area contributed by atoms with Crippen molar-refractivity contribution in [2.24, 2.45) is 7.05 Å². The molecule has 0 amide bonds. The molecular weight excluding hydrogens is 294 g/mol. The van der Waals surface area contributed by atoms with Gasteiger partial charge >= 0.3 is 0 Å². The third-order valence-corrected chi connectivity index (χ3v) is 4.36. The number of aryl methyl sites for hydroxylation is 2. The van der Waals surface area contributed by atoms with E-state index in [0.29, 0.717) is 0 Å². The third-order valence-electron chi connectivity index (χ3n) is 3.34. The van der Waals surface area contributed by atoms with E-state index < -0.39 is 0 Å². The average molecular weight is 313 g/mol. The topological polar surface area (TPSA) is 55.6 Å². The Labute approximate surface area is 134 Å². The second-order valence-corrected chi connectivity index (χ2v) is 6.17. The number of hydrogen-bond donors (Lipinski definition) is 1. The fourth-order valence-corrected chi connectivity index (χ4v) is 3.12. The normalized spacial score (nSPS) is 11.0. The highest BCUT2D eigenvalue weighted by atomic mass is 32.1. The molecular formula is C16H19N5S. The molecule has 114 valence electrons. The number of rotatable bonds is 6. The van der Waals surface area contributed by atoms with Crippen molar-refractivity contribution in [2.75, 3.05) is 6.54 Å². The van der Waals surface area contributed by atoms with Gasteiger partial charge < -0.3 is 5.32 Å². The number of nitrogens with zero attached hydrogens (tertiary/aromatic N) is 4. The summed E-state index contributed by atoms with van der Waals surface area (Å²) in [6, 6.07) is 3.98. The molecule has 3 rings (SSSR count). The molecule has 0 aliphatic heterocycles. The zero-order valence-corrected chi connectivity index (χ0v) is 13.6. The third kappa shape index (κ3) is 3.58. The molecule has 3 heterocycles. The fraction of sp³-hybridized carbons (Fsp3) is 0.312. The molecule has 0 spiro atoms. The second-order valence-electron chi connectivity index (χ2n) is 5.23. The van der Waals surface area contributed by atoms with Crippen LogP contribution in [0.4, 0.5) is 0 Å². The lowest BCUT2D eigenvalue weighted by Gasteiger charge is -2.04. The highest BCUT2D eigenvalue weighted by Crippen LogP contribution is 2.20. The summed E-state index contributed by atoms with van der Waals surface area (Å²) in [7, 11) is 1.95. The summed E-state index contributed by atoms with van der Waals surface area (Å²) in [6.07, 6.45) is 6.65. The Morgan fingerprint density at radius 1 is 1.36 bits per heavy atom. The van der Waals surface area contributed by atoms with E-state index in [2.05, 4.69) is 32.0 Å². The van der Waals surface area contributed by atoms with Crippen molar-refractivity contribution < 1.29 is 0 Å². The van der Waals surface area contributed by atoms with Crippen molar-refractivity contribution >= 4 is 11.3 Å². The number of hydrogen-bond acceptors (Lipinski definition) is 5. The molecule has 0 radical (unpaired) electrons.